The number of aliphatic carboxylic acids is 1. The summed E-state index contributed by atoms with van der Waals surface area (Å²) in [7, 11) is 1.49. The Bertz CT molecular complexity index is 2120. The number of fused-ring (bicyclic) bond motifs is 2. The molecule has 7 rings (SSSR count). The molecule has 3 saturated carbocycles. The zero-order valence-electron chi connectivity index (χ0n) is 33.4. The lowest BCUT2D eigenvalue weighted by atomic mass is 9.85. The SMILES string of the molecule is CCC1C[C@]1(NC(=O)[C@@H]1C[C@@H](Oc2cc(-c3csc(NC(C)C)n3)nc3c(Cl)c(OC)ccc23)CN1C(=O)C(NC(=O)OC1C[C@@H]2[C@H](C1)C2(F)F)C(C)(C)C)C(=O)O. The van der Waals surface area contributed by atoms with Gasteiger partial charge in [-0.25, -0.2) is 28.3 Å². The van der Waals surface area contributed by atoms with Gasteiger partial charge in [0.2, 0.25) is 11.8 Å². The number of hydrogen-bond donors (Lipinski definition) is 4. The molecule has 3 unspecified atom stereocenters. The highest BCUT2D eigenvalue weighted by atomic mass is 35.5. The number of likely N-dealkylation sites (tertiary alicyclic amines) is 1. The average Bonchev–Trinajstić information content (AvgIpc) is 3.58. The lowest BCUT2D eigenvalue weighted by molar-refractivity contribution is -0.146. The van der Waals surface area contributed by atoms with E-state index in [2.05, 4.69) is 16.0 Å². The second-order valence-electron chi connectivity index (χ2n) is 17.2. The molecule has 3 aromatic rings. The predicted octanol–water partition coefficient (Wildman–Crippen LogP) is 6.74. The first-order valence-corrected chi connectivity index (χ1v) is 20.8. The Morgan fingerprint density at radius 1 is 1.07 bits per heavy atom. The van der Waals surface area contributed by atoms with Crippen LogP contribution in [0.4, 0.5) is 18.7 Å². The van der Waals surface area contributed by atoms with Gasteiger partial charge in [-0.05, 0) is 56.6 Å². The van der Waals surface area contributed by atoms with E-state index in [1.165, 1.54) is 23.3 Å². The number of thiazole rings is 1. The molecule has 4 aliphatic rings. The summed E-state index contributed by atoms with van der Waals surface area (Å²) in [5.41, 5.74) is -0.987. The molecule has 0 bridgehead atoms. The van der Waals surface area contributed by atoms with Crippen LogP contribution in [-0.2, 0) is 19.1 Å². The number of nitrogens with zero attached hydrogens (tertiary/aromatic N) is 3. The first kappa shape index (κ1) is 41.6. The van der Waals surface area contributed by atoms with Crippen LogP contribution in [0.2, 0.25) is 5.02 Å². The summed E-state index contributed by atoms with van der Waals surface area (Å²) in [6.07, 6.45) is -1.59. The average molecular weight is 847 g/mol. The normalized spacial score (nSPS) is 27.5. The molecule has 4 fully saturated rings. The number of ether oxygens (including phenoxy) is 3. The van der Waals surface area contributed by atoms with Crippen molar-refractivity contribution < 1.29 is 47.3 Å². The molecule has 3 amide bonds. The number of amides is 3. The summed E-state index contributed by atoms with van der Waals surface area (Å²) in [6.45, 7) is 10.9. The minimum Gasteiger partial charge on any atom is -0.495 e. The number of nitrogens with one attached hydrogen (secondary N) is 3. The highest BCUT2D eigenvalue weighted by molar-refractivity contribution is 7.14. The van der Waals surface area contributed by atoms with E-state index in [0.717, 1.165) is 0 Å². The van der Waals surface area contributed by atoms with Gasteiger partial charge in [0, 0.05) is 41.1 Å². The molecule has 3 heterocycles. The van der Waals surface area contributed by atoms with Crippen molar-refractivity contribution >= 4 is 62.8 Å². The van der Waals surface area contributed by atoms with Gasteiger partial charge in [0.15, 0.2) is 5.13 Å². The Labute approximate surface area is 343 Å². The second kappa shape index (κ2) is 15.3. The van der Waals surface area contributed by atoms with Gasteiger partial charge < -0.3 is 40.2 Å². The highest BCUT2D eigenvalue weighted by Crippen LogP contribution is 2.64. The van der Waals surface area contributed by atoms with Crippen LogP contribution in [0.5, 0.6) is 11.5 Å². The van der Waals surface area contributed by atoms with E-state index in [1.54, 1.807) is 39.0 Å². The number of aromatic nitrogens is 2. The first-order chi connectivity index (χ1) is 27.3. The van der Waals surface area contributed by atoms with E-state index in [9.17, 15) is 33.1 Å². The maximum atomic E-state index is 14.7. The summed E-state index contributed by atoms with van der Waals surface area (Å²) in [5, 5.41) is 22.1. The third kappa shape index (κ3) is 7.83. The van der Waals surface area contributed by atoms with E-state index >= 15 is 0 Å². The molecule has 0 radical (unpaired) electrons. The van der Waals surface area contributed by atoms with Crippen LogP contribution in [0.1, 0.15) is 73.6 Å². The topological polar surface area (TPSA) is 181 Å². The van der Waals surface area contributed by atoms with Gasteiger partial charge in [0.25, 0.3) is 5.92 Å². The molecule has 58 heavy (non-hydrogen) atoms. The number of carboxylic acids is 1. The Morgan fingerprint density at radius 2 is 1.78 bits per heavy atom. The van der Waals surface area contributed by atoms with Crippen LogP contribution in [0.25, 0.3) is 22.3 Å². The number of benzene rings is 1. The zero-order chi connectivity index (χ0) is 42.1. The van der Waals surface area contributed by atoms with Crippen molar-refractivity contribution in [3.05, 3.63) is 28.6 Å². The number of pyridine rings is 1. The number of rotatable bonds is 13. The van der Waals surface area contributed by atoms with Crippen molar-refractivity contribution in [3.8, 4) is 22.9 Å². The molecule has 1 saturated heterocycles. The molecule has 3 aliphatic carbocycles. The summed E-state index contributed by atoms with van der Waals surface area (Å²) in [4.78, 5) is 65.3. The fourth-order valence-electron chi connectivity index (χ4n) is 8.43. The molecule has 1 aliphatic heterocycles. The lowest BCUT2D eigenvalue weighted by Crippen LogP contribution is -2.59. The Kier molecular flexibility index (Phi) is 11.0. The van der Waals surface area contributed by atoms with Gasteiger partial charge in [-0.15, -0.1) is 11.3 Å². The number of carbonyl (C=O) groups excluding carboxylic acids is 3. The zero-order valence-corrected chi connectivity index (χ0v) is 34.9. The van der Waals surface area contributed by atoms with E-state index in [4.69, 9.17) is 35.8 Å². The largest absolute Gasteiger partial charge is 0.495 e. The molecule has 18 heteroatoms. The van der Waals surface area contributed by atoms with E-state index in [-0.39, 0.29) is 49.2 Å². The smallest absolute Gasteiger partial charge is 0.408 e. The molecule has 2 aromatic heterocycles. The molecular weight excluding hydrogens is 798 g/mol. The van der Waals surface area contributed by atoms with Gasteiger partial charge in [0.1, 0.15) is 52.0 Å². The van der Waals surface area contributed by atoms with Crippen LogP contribution >= 0.6 is 22.9 Å². The quantitative estimate of drug-likeness (QED) is 0.143. The van der Waals surface area contributed by atoms with Gasteiger partial charge in [0.05, 0.1) is 24.9 Å². The number of carboxylic acid groups (broad SMARTS) is 1. The van der Waals surface area contributed by atoms with Gasteiger partial charge in [-0.2, -0.15) is 0 Å². The first-order valence-electron chi connectivity index (χ1n) is 19.5. The lowest BCUT2D eigenvalue weighted by Gasteiger charge is -2.35. The summed E-state index contributed by atoms with van der Waals surface area (Å²) >= 11 is 8.21. The van der Waals surface area contributed by atoms with E-state index in [0.29, 0.717) is 45.3 Å². The third-order valence-corrected chi connectivity index (χ3v) is 12.9. The molecule has 14 nitrogen and oxygen atoms in total. The van der Waals surface area contributed by atoms with Crippen molar-refractivity contribution in [1.29, 1.82) is 0 Å². The molecule has 1 aromatic carbocycles. The summed E-state index contributed by atoms with van der Waals surface area (Å²) < 4.78 is 45.3. The number of hydrogen-bond acceptors (Lipinski definition) is 11. The van der Waals surface area contributed by atoms with Gasteiger partial charge in [-0.1, -0.05) is 45.7 Å². The molecule has 0 spiro atoms. The van der Waals surface area contributed by atoms with Crippen LogP contribution in [0.3, 0.4) is 0 Å². The highest BCUT2D eigenvalue weighted by Gasteiger charge is 2.72. The summed E-state index contributed by atoms with van der Waals surface area (Å²) in [6, 6.07) is 2.88. The van der Waals surface area contributed by atoms with Crippen LogP contribution < -0.4 is 25.4 Å². The maximum Gasteiger partial charge on any atom is 0.408 e. The Hall–Kier alpha value is -4.51. The number of carbonyl (C=O) groups is 4. The van der Waals surface area contributed by atoms with E-state index < -0.39 is 76.9 Å². The van der Waals surface area contributed by atoms with E-state index in [1.807, 2.05) is 26.2 Å². The number of alkyl halides is 2. The summed E-state index contributed by atoms with van der Waals surface area (Å²) in [5.74, 6) is -6.36. The monoisotopic (exact) mass is 846 g/mol. The van der Waals surface area contributed by atoms with Crippen molar-refractivity contribution in [1.82, 2.24) is 25.5 Å². The molecule has 4 N–H and O–H groups in total. The fourth-order valence-corrected chi connectivity index (χ4v) is 9.56. The molecule has 314 valence electrons. The van der Waals surface area contributed by atoms with Gasteiger partial charge in [-0.3, -0.25) is 9.59 Å². The third-order valence-electron chi connectivity index (χ3n) is 11.8. The predicted molar refractivity (Wildman–Crippen MR) is 212 cm³/mol. The fraction of sp³-hybridized carbons (Fsp3) is 0.600. The van der Waals surface area contributed by atoms with Crippen molar-refractivity contribution in [2.75, 3.05) is 19.0 Å². The number of halogens is 3. The van der Waals surface area contributed by atoms with Crippen LogP contribution in [-0.4, -0.2) is 99.3 Å². The van der Waals surface area contributed by atoms with Crippen molar-refractivity contribution in [2.45, 2.75) is 115 Å². The van der Waals surface area contributed by atoms with Gasteiger partial charge >= 0.3 is 12.1 Å². The number of anilines is 1. The van der Waals surface area contributed by atoms with Crippen LogP contribution in [0, 0.1) is 23.2 Å². The minimum atomic E-state index is -2.74. The Balaban J connectivity index is 1.19. The van der Waals surface area contributed by atoms with Crippen LogP contribution in [0.15, 0.2) is 23.6 Å². The number of methoxy groups -OCH3 is 1. The second-order valence-corrected chi connectivity index (χ2v) is 18.4. The number of alkyl carbamates (subject to hydrolysis) is 1. The molecular formula is C40H49ClF2N6O8S. The standard InChI is InChI=1S/C40H49ClF2N6O8S/c1-8-19-15-39(19,35(52)53)48-33(50)27-13-21(16-49(27)34(51)32(38(4,5)6)47-37(54)57-20-11-23-24(12-20)40(23,42)43)56-29-14-25(26-17-58-36(46-26)44-18(2)3)45-31-22(29)9-10-28(55-7)30(31)41/h9-10,14,17-21,23-24,27,32H,8,11-13,15-16H2,1-7H3,(H,44,46)(H,47,54)(H,48,50)(H,52,53)/t19?,20?,21-,23-,24+,27+,32?,39-/m1/s1. The maximum absolute atomic E-state index is 14.7. The van der Waals surface area contributed by atoms with Crippen molar-refractivity contribution in [3.63, 3.8) is 0 Å². The van der Waals surface area contributed by atoms with Crippen molar-refractivity contribution in [2.24, 2.45) is 23.2 Å². The Morgan fingerprint density at radius 3 is 2.38 bits per heavy atom. The molecule has 8 atom stereocenters. The minimum absolute atomic E-state index is 0.0212.